The second-order valence-electron chi connectivity index (χ2n) is 8.25. The molecule has 0 unspecified atom stereocenters. The number of hydrogen-bond donors (Lipinski definition) is 1. The zero-order chi connectivity index (χ0) is 19.0. The van der Waals surface area contributed by atoms with E-state index in [0.717, 1.165) is 0 Å². The maximum absolute atomic E-state index is 12.5. The van der Waals surface area contributed by atoms with Crippen LogP contribution in [0.15, 0.2) is 11.6 Å². The van der Waals surface area contributed by atoms with Crippen molar-refractivity contribution in [2.45, 2.75) is 53.8 Å². The lowest BCUT2D eigenvalue weighted by molar-refractivity contribution is -0.123. The number of nitrogens with one attached hydrogen (secondary N) is 1. The molecule has 144 valence electrons. The molecule has 0 bridgehead atoms. The first-order valence-corrected chi connectivity index (χ1v) is 10.6. The predicted octanol–water partition coefficient (Wildman–Crippen LogP) is 1.78. The van der Waals surface area contributed by atoms with Gasteiger partial charge in [-0.3, -0.25) is 4.79 Å². The fourth-order valence-corrected chi connectivity index (χ4v) is 5.24. The van der Waals surface area contributed by atoms with Crippen molar-refractivity contribution < 1.29 is 17.9 Å². The van der Waals surface area contributed by atoms with Gasteiger partial charge in [0.1, 0.15) is 0 Å². The summed E-state index contributed by atoms with van der Waals surface area (Å²) in [5.41, 5.74) is 1.14. The highest BCUT2D eigenvalue weighted by atomic mass is 32.2. The van der Waals surface area contributed by atoms with Gasteiger partial charge in [0.2, 0.25) is 15.9 Å². The quantitative estimate of drug-likeness (QED) is 0.721. The summed E-state index contributed by atoms with van der Waals surface area (Å²) in [6, 6.07) is 0. The maximum atomic E-state index is 12.5. The van der Waals surface area contributed by atoms with Gasteiger partial charge in [0.15, 0.2) is 0 Å². The molecule has 0 radical (unpaired) electrons. The lowest BCUT2D eigenvalue weighted by Crippen LogP contribution is -2.49. The summed E-state index contributed by atoms with van der Waals surface area (Å²) in [5, 5.41) is 2.82. The lowest BCUT2D eigenvalue weighted by Gasteiger charge is -2.34. The predicted molar refractivity (Wildman–Crippen MR) is 98.6 cm³/mol. The number of hydrogen-bond acceptors (Lipinski definition) is 4. The lowest BCUT2D eigenvalue weighted by atomic mass is 10.1. The van der Waals surface area contributed by atoms with E-state index in [-0.39, 0.29) is 47.7 Å². The Morgan fingerprint density at radius 3 is 2.32 bits per heavy atom. The molecular weight excluding hydrogens is 340 g/mol. The van der Waals surface area contributed by atoms with Gasteiger partial charge in [0.25, 0.3) is 0 Å². The van der Waals surface area contributed by atoms with Crippen LogP contribution in [0.1, 0.15) is 41.5 Å². The van der Waals surface area contributed by atoms with E-state index >= 15 is 0 Å². The molecule has 2 fully saturated rings. The topological polar surface area (TPSA) is 75.7 Å². The Hall–Kier alpha value is -0.920. The van der Waals surface area contributed by atoms with Gasteiger partial charge in [-0.2, -0.15) is 4.31 Å². The highest BCUT2D eigenvalue weighted by Gasteiger charge is 2.60. The molecule has 2 aliphatic rings. The molecule has 1 saturated heterocycles. The van der Waals surface area contributed by atoms with Crippen molar-refractivity contribution in [2.24, 2.45) is 17.3 Å². The van der Waals surface area contributed by atoms with E-state index in [4.69, 9.17) is 4.74 Å². The third-order valence-electron chi connectivity index (χ3n) is 5.14. The first-order chi connectivity index (χ1) is 11.4. The van der Waals surface area contributed by atoms with Crippen LogP contribution in [0.25, 0.3) is 0 Å². The van der Waals surface area contributed by atoms with Crippen LogP contribution >= 0.6 is 0 Å². The third-order valence-corrected chi connectivity index (χ3v) is 6.95. The second-order valence-corrected chi connectivity index (χ2v) is 10.3. The number of ether oxygens (including phenoxy) is 1. The van der Waals surface area contributed by atoms with Crippen molar-refractivity contribution >= 4 is 15.9 Å². The molecule has 2 rings (SSSR count). The smallest absolute Gasteiger partial charge is 0.224 e. The van der Waals surface area contributed by atoms with E-state index in [1.165, 1.54) is 9.88 Å². The van der Waals surface area contributed by atoms with E-state index in [2.05, 4.69) is 25.2 Å². The number of carbonyl (C=O) groups is 1. The molecule has 4 atom stereocenters. The van der Waals surface area contributed by atoms with Crippen LogP contribution in [0.5, 0.6) is 0 Å². The molecule has 0 spiro atoms. The SMILES string of the molecule is CC(C)=C[C@@H]1[C@H](C(=O)NCCS(=O)(=O)N2C[C@H](C)O[C@@H](C)C2)C1(C)C. The number of morpholine rings is 1. The molecule has 6 nitrogen and oxygen atoms in total. The average Bonchev–Trinajstić information content (AvgIpc) is 2.97. The van der Waals surface area contributed by atoms with E-state index < -0.39 is 10.0 Å². The van der Waals surface area contributed by atoms with Crippen molar-refractivity contribution in [2.75, 3.05) is 25.4 Å². The molecule has 0 aromatic carbocycles. The Balaban J connectivity index is 1.86. The van der Waals surface area contributed by atoms with Crippen LogP contribution in [-0.2, 0) is 19.6 Å². The van der Waals surface area contributed by atoms with Crippen LogP contribution in [-0.4, -0.2) is 56.2 Å². The van der Waals surface area contributed by atoms with Crippen LogP contribution in [0.4, 0.5) is 0 Å². The van der Waals surface area contributed by atoms with E-state index in [1.54, 1.807) is 0 Å². The molecule has 7 heteroatoms. The van der Waals surface area contributed by atoms with Crippen LogP contribution < -0.4 is 5.32 Å². The van der Waals surface area contributed by atoms with Gasteiger partial charge < -0.3 is 10.1 Å². The Labute approximate surface area is 152 Å². The molecular formula is C18H32N2O4S. The Bertz CT molecular complexity index is 627. The molecule has 25 heavy (non-hydrogen) atoms. The van der Waals surface area contributed by atoms with Crippen molar-refractivity contribution in [3.05, 3.63) is 11.6 Å². The molecule has 1 aliphatic carbocycles. The highest BCUT2D eigenvalue weighted by molar-refractivity contribution is 7.89. The number of nitrogens with zero attached hydrogens (tertiary/aromatic N) is 1. The molecule has 1 aliphatic heterocycles. The van der Waals surface area contributed by atoms with Gasteiger partial charge in [-0.05, 0) is 39.0 Å². The fraction of sp³-hybridized carbons (Fsp3) is 0.833. The molecule has 1 heterocycles. The summed E-state index contributed by atoms with van der Waals surface area (Å²) in [5.74, 6) is 0.0357. The van der Waals surface area contributed by atoms with E-state index in [0.29, 0.717) is 13.1 Å². The van der Waals surface area contributed by atoms with Crippen LogP contribution in [0, 0.1) is 17.3 Å². The monoisotopic (exact) mass is 372 g/mol. The number of amides is 1. The zero-order valence-electron chi connectivity index (χ0n) is 16.2. The minimum Gasteiger partial charge on any atom is -0.373 e. The zero-order valence-corrected chi connectivity index (χ0v) is 17.0. The number of carbonyl (C=O) groups excluding carboxylic acids is 1. The summed E-state index contributed by atoms with van der Waals surface area (Å²) in [6.45, 7) is 12.9. The third kappa shape index (κ3) is 4.83. The van der Waals surface area contributed by atoms with Crippen molar-refractivity contribution in [1.29, 1.82) is 0 Å². The summed E-state index contributed by atoms with van der Waals surface area (Å²) in [4.78, 5) is 12.4. The largest absolute Gasteiger partial charge is 0.373 e. The molecule has 1 amide bonds. The van der Waals surface area contributed by atoms with Gasteiger partial charge in [0, 0.05) is 19.6 Å². The summed E-state index contributed by atoms with van der Waals surface area (Å²) < 4.78 is 32.0. The second kappa shape index (κ2) is 7.37. The fourth-order valence-electron chi connectivity index (χ4n) is 3.75. The van der Waals surface area contributed by atoms with Gasteiger partial charge >= 0.3 is 0 Å². The first-order valence-electron chi connectivity index (χ1n) is 9.01. The van der Waals surface area contributed by atoms with Gasteiger partial charge in [-0.15, -0.1) is 0 Å². The van der Waals surface area contributed by atoms with Gasteiger partial charge in [-0.25, -0.2) is 8.42 Å². The summed E-state index contributed by atoms with van der Waals surface area (Å²) >= 11 is 0. The number of allylic oxidation sites excluding steroid dienone is 2. The Morgan fingerprint density at radius 2 is 1.80 bits per heavy atom. The average molecular weight is 373 g/mol. The van der Waals surface area contributed by atoms with Gasteiger partial charge in [-0.1, -0.05) is 25.5 Å². The van der Waals surface area contributed by atoms with Crippen molar-refractivity contribution in [3.63, 3.8) is 0 Å². The molecule has 0 aromatic rings. The van der Waals surface area contributed by atoms with Crippen molar-refractivity contribution in [3.8, 4) is 0 Å². The normalized spacial score (nSPS) is 32.1. The van der Waals surface area contributed by atoms with E-state index in [1.807, 2.05) is 27.7 Å². The van der Waals surface area contributed by atoms with Crippen LogP contribution in [0.3, 0.4) is 0 Å². The summed E-state index contributed by atoms with van der Waals surface area (Å²) in [7, 11) is -3.38. The maximum Gasteiger partial charge on any atom is 0.224 e. The Morgan fingerprint density at radius 1 is 1.24 bits per heavy atom. The highest BCUT2D eigenvalue weighted by Crippen LogP contribution is 2.59. The minimum atomic E-state index is -3.38. The number of sulfonamides is 1. The van der Waals surface area contributed by atoms with Crippen LogP contribution in [0.2, 0.25) is 0 Å². The molecule has 1 saturated carbocycles. The van der Waals surface area contributed by atoms with E-state index in [9.17, 15) is 13.2 Å². The molecule has 1 N–H and O–H groups in total. The molecule has 0 aromatic heterocycles. The van der Waals surface area contributed by atoms with Crippen molar-refractivity contribution in [1.82, 2.24) is 9.62 Å². The number of rotatable bonds is 6. The van der Waals surface area contributed by atoms with Gasteiger partial charge in [0.05, 0.1) is 23.9 Å². The minimum absolute atomic E-state index is 0.0496. The first kappa shape index (κ1) is 20.4. The summed E-state index contributed by atoms with van der Waals surface area (Å²) in [6.07, 6.45) is 1.92. The Kier molecular flexibility index (Phi) is 6.01. The standard InChI is InChI=1S/C18H32N2O4S/c1-12(2)9-15-16(18(15,5)6)17(21)19-7-8-25(22,23)20-10-13(3)24-14(4)11-20/h9,13-16H,7-8,10-11H2,1-6H3,(H,19,21)/t13-,14-,15+,16+/m0/s1.